The van der Waals surface area contributed by atoms with Crippen molar-refractivity contribution in [2.75, 3.05) is 20.1 Å². The summed E-state index contributed by atoms with van der Waals surface area (Å²) in [5.41, 5.74) is 0. The predicted octanol–water partition coefficient (Wildman–Crippen LogP) is 2.06. The number of furan rings is 1. The molecule has 0 aromatic carbocycles. The van der Waals surface area contributed by atoms with E-state index in [2.05, 4.69) is 19.2 Å². The molecule has 5 nitrogen and oxygen atoms in total. The van der Waals surface area contributed by atoms with Crippen LogP contribution in [0.25, 0.3) is 0 Å². The van der Waals surface area contributed by atoms with Gasteiger partial charge in [-0.1, -0.05) is 20.8 Å². The molecule has 6 heteroatoms. The van der Waals surface area contributed by atoms with E-state index in [9.17, 15) is 8.42 Å². The zero-order valence-electron chi connectivity index (χ0n) is 12.1. The van der Waals surface area contributed by atoms with Crippen molar-refractivity contribution in [2.45, 2.75) is 38.8 Å². The van der Waals surface area contributed by atoms with Gasteiger partial charge in [0.05, 0.1) is 6.54 Å². The lowest BCUT2D eigenvalue weighted by molar-refractivity contribution is 0.377. The van der Waals surface area contributed by atoms with Crippen molar-refractivity contribution >= 4 is 10.0 Å². The first-order valence-electron chi connectivity index (χ1n) is 6.63. The average Bonchev–Trinajstić information content (AvgIpc) is 2.78. The van der Waals surface area contributed by atoms with E-state index < -0.39 is 10.0 Å². The van der Waals surface area contributed by atoms with Crippen LogP contribution in [0, 0.1) is 5.92 Å². The van der Waals surface area contributed by atoms with Crippen LogP contribution in [0.2, 0.25) is 0 Å². The lowest BCUT2D eigenvalue weighted by Crippen LogP contribution is -2.27. The van der Waals surface area contributed by atoms with Crippen LogP contribution in [-0.2, 0) is 16.6 Å². The number of sulfonamides is 1. The van der Waals surface area contributed by atoms with Gasteiger partial charge < -0.3 is 9.73 Å². The van der Waals surface area contributed by atoms with Crippen molar-refractivity contribution in [3.63, 3.8) is 0 Å². The van der Waals surface area contributed by atoms with Crippen molar-refractivity contribution in [2.24, 2.45) is 5.92 Å². The first-order chi connectivity index (χ1) is 8.87. The van der Waals surface area contributed by atoms with Crippen LogP contribution in [0.5, 0.6) is 0 Å². The summed E-state index contributed by atoms with van der Waals surface area (Å²) in [6.45, 7) is 8.08. The number of hydrogen-bond acceptors (Lipinski definition) is 4. The number of nitrogens with zero attached hydrogens (tertiary/aromatic N) is 1. The molecule has 1 aromatic heterocycles. The molecule has 0 aliphatic heterocycles. The summed E-state index contributed by atoms with van der Waals surface area (Å²) < 4.78 is 31.0. The lowest BCUT2D eigenvalue weighted by atomic mass is 10.2. The molecule has 19 heavy (non-hydrogen) atoms. The second kappa shape index (κ2) is 7.07. The quantitative estimate of drug-likeness (QED) is 0.795. The highest BCUT2D eigenvalue weighted by Crippen LogP contribution is 2.17. The topological polar surface area (TPSA) is 62.6 Å². The molecule has 0 saturated heterocycles. The van der Waals surface area contributed by atoms with Crippen LogP contribution >= 0.6 is 0 Å². The molecule has 0 saturated carbocycles. The van der Waals surface area contributed by atoms with E-state index in [-0.39, 0.29) is 5.09 Å². The molecule has 1 N–H and O–H groups in total. The Morgan fingerprint density at radius 2 is 2.05 bits per heavy atom. The maximum absolute atomic E-state index is 12.1. The van der Waals surface area contributed by atoms with Gasteiger partial charge in [-0.15, -0.1) is 0 Å². The van der Waals surface area contributed by atoms with Crippen molar-refractivity contribution in [3.05, 3.63) is 17.9 Å². The van der Waals surface area contributed by atoms with Crippen LogP contribution in [0.15, 0.2) is 21.6 Å². The first kappa shape index (κ1) is 16.2. The Hall–Kier alpha value is -0.850. The first-order valence-corrected chi connectivity index (χ1v) is 8.07. The van der Waals surface area contributed by atoms with Gasteiger partial charge in [-0.2, -0.15) is 4.31 Å². The second-order valence-corrected chi connectivity index (χ2v) is 7.05. The number of nitrogens with one attached hydrogen (secondary N) is 1. The number of hydrogen-bond donors (Lipinski definition) is 1. The molecule has 1 rings (SSSR count). The summed E-state index contributed by atoms with van der Waals surface area (Å²) in [6.07, 6.45) is 0.777. The fourth-order valence-electron chi connectivity index (χ4n) is 1.66. The van der Waals surface area contributed by atoms with Gasteiger partial charge in [-0.3, -0.25) is 0 Å². The van der Waals surface area contributed by atoms with Gasteiger partial charge in [0, 0.05) is 13.6 Å². The van der Waals surface area contributed by atoms with Gasteiger partial charge in [0.1, 0.15) is 5.76 Å². The van der Waals surface area contributed by atoms with Gasteiger partial charge in [0.15, 0.2) is 0 Å². The molecule has 0 amide bonds. The average molecular weight is 288 g/mol. The Balaban J connectivity index is 2.68. The third kappa shape index (κ3) is 4.63. The maximum Gasteiger partial charge on any atom is 0.276 e. The monoisotopic (exact) mass is 288 g/mol. The van der Waals surface area contributed by atoms with Gasteiger partial charge in [0.2, 0.25) is 5.09 Å². The van der Waals surface area contributed by atoms with E-state index in [0.29, 0.717) is 24.8 Å². The molecule has 110 valence electrons. The summed E-state index contributed by atoms with van der Waals surface area (Å²) in [7, 11) is -1.92. The van der Waals surface area contributed by atoms with Crippen LogP contribution in [0.1, 0.15) is 33.0 Å². The molecule has 0 aliphatic rings. The van der Waals surface area contributed by atoms with Crippen molar-refractivity contribution in [1.29, 1.82) is 0 Å². The standard InChI is InChI=1S/C13H24N2O3S/c1-5-8-15(4)19(16,17)13-7-6-12(18-13)10-14-9-11(2)3/h6-7,11,14H,5,8-10H2,1-4H3. The molecule has 0 atom stereocenters. The van der Waals surface area contributed by atoms with Crippen molar-refractivity contribution in [3.8, 4) is 0 Å². The smallest absolute Gasteiger partial charge is 0.276 e. The normalized spacial score (nSPS) is 12.5. The molecule has 0 radical (unpaired) electrons. The highest BCUT2D eigenvalue weighted by atomic mass is 32.2. The zero-order chi connectivity index (χ0) is 14.5. The second-order valence-electron chi connectivity index (χ2n) is 5.07. The Morgan fingerprint density at radius 1 is 1.37 bits per heavy atom. The fraction of sp³-hybridized carbons (Fsp3) is 0.692. The SMILES string of the molecule is CCCN(C)S(=O)(=O)c1ccc(CNCC(C)C)o1. The van der Waals surface area contributed by atoms with Crippen LogP contribution in [0.4, 0.5) is 0 Å². The van der Waals surface area contributed by atoms with Crippen molar-refractivity contribution in [1.82, 2.24) is 9.62 Å². The molecule has 0 aliphatic carbocycles. The Kier molecular flexibility index (Phi) is 6.03. The van der Waals surface area contributed by atoms with Gasteiger partial charge in [-0.25, -0.2) is 8.42 Å². The van der Waals surface area contributed by atoms with Crippen LogP contribution < -0.4 is 5.32 Å². The maximum atomic E-state index is 12.1. The lowest BCUT2D eigenvalue weighted by Gasteiger charge is -2.13. The third-order valence-electron chi connectivity index (χ3n) is 2.69. The van der Waals surface area contributed by atoms with Gasteiger partial charge >= 0.3 is 0 Å². The molecule has 1 heterocycles. The minimum Gasteiger partial charge on any atom is -0.447 e. The summed E-state index contributed by atoms with van der Waals surface area (Å²) in [5, 5.41) is 3.24. The Bertz CT molecular complexity index is 480. The van der Waals surface area contributed by atoms with Crippen LogP contribution in [0.3, 0.4) is 0 Å². The highest BCUT2D eigenvalue weighted by molar-refractivity contribution is 7.89. The Labute approximate surface area is 116 Å². The summed E-state index contributed by atoms with van der Waals surface area (Å²) in [5.74, 6) is 1.19. The minimum atomic E-state index is -3.48. The molecule has 0 spiro atoms. The summed E-state index contributed by atoms with van der Waals surface area (Å²) >= 11 is 0. The van der Waals surface area contributed by atoms with E-state index in [4.69, 9.17) is 4.42 Å². The zero-order valence-corrected chi connectivity index (χ0v) is 13.0. The molecule has 1 aromatic rings. The largest absolute Gasteiger partial charge is 0.447 e. The molecule has 0 unspecified atom stereocenters. The van der Waals surface area contributed by atoms with Gasteiger partial charge in [-0.05, 0) is 31.0 Å². The molecular formula is C13H24N2O3S. The van der Waals surface area contributed by atoms with Crippen LogP contribution in [-0.4, -0.2) is 32.9 Å². The van der Waals surface area contributed by atoms with E-state index >= 15 is 0 Å². The van der Waals surface area contributed by atoms with E-state index in [1.165, 1.54) is 10.4 Å². The van der Waals surface area contributed by atoms with Gasteiger partial charge in [0.25, 0.3) is 10.0 Å². The van der Waals surface area contributed by atoms with E-state index in [1.807, 2.05) is 6.92 Å². The molecule has 0 fully saturated rings. The minimum absolute atomic E-state index is 0.0183. The van der Waals surface area contributed by atoms with E-state index in [1.54, 1.807) is 13.1 Å². The highest BCUT2D eigenvalue weighted by Gasteiger charge is 2.23. The summed E-state index contributed by atoms with van der Waals surface area (Å²) in [4.78, 5) is 0. The third-order valence-corrected chi connectivity index (χ3v) is 4.42. The van der Waals surface area contributed by atoms with Crippen molar-refractivity contribution < 1.29 is 12.8 Å². The summed E-state index contributed by atoms with van der Waals surface area (Å²) in [6, 6.07) is 3.23. The number of rotatable bonds is 8. The van der Waals surface area contributed by atoms with E-state index in [0.717, 1.165) is 13.0 Å². The molecular weight excluding hydrogens is 264 g/mol. The Morgan fingerprint density at radius 3 is 2.63 bits per heavy atom. The predicted molar refractivity (Wildman–Crippen MR) is 75.4 cm³/mol. The fourth-order valence-corrected chi connectivity index (χ4v) is 2.85. The molecule has 0 bridgehead atoms.